The molecule has 0 spiro atoms. The van der Waals surface area contributed by atoms with Gasteiger partial charge in [0.25, 0.3) is 0 Å². The maximum Gasteiger partial charge on any atom is 0.228 e. The van der Waals surface area contributed by atoms with Crippen LogP contribution in [0.25, 0.3) is 0 Å². The summed E-state index contributed by atoms with van der Waals surface area (Å²) >= 11 is 0. The molecule has 1 aromatic rings. The summed E-state index contributed by atoms with van der Waals surface area (Å²) in [6.07, 6.45) is 5.51. The van der Waals surface area contributed by atoms with E-state index in [2.05, 4.69) is 30.3 Å². The van der Waals surface area contributed by atoms with Crippen molar-refractivity contribution in [2.24, 2.45) is 5.92 Å². The number of carbonyl (C=O) groups is 1. The third-order valence-electron chi connectivity index (χ3n) is 5.06. The van der Waals surface area contributed by atoms with E-state index >= 15 is 0 Å². The zero-order valence-electron chi connectivity index (χ0n) is 12.8. The predicted octanol–water partition coefficient (Wildman–Crippen LogP) is 3.21. The molecular formula is C18H25NO2. The minimum absolute atomic E-state index is 0.0702. The summed E-state index contributed by atoms with van der Waals surface area (Å²) < 4.78 is 5.48. The van der Waals surface area contributed by atoms with Gasteiger partial charge in [0.1, 0.15) is 0 Å². The second-order valence-electron chi connectivity index (χ2n) is 6.38. The normalized spacial score (nSPS) is 29.3. The maximum atomic E-state index is 12.7. The molecule has 0 aromatic heterocycles. The van der Waals surface area contributed by atoms with Crippen LogP contribution in [0.1, 0.15) is 43.6 Å². The summed E-state index contributed by atoms with van der Waals surface area (Å²) in [7, 11) is 1.99. The summed E-state index contributed by atoms with van der Waals surface area (Å²) in [6.45, 7) is 1.41. The lowest BCUT2D eigenvalue weighted by Crippen LogP contribution is -2.44. The number of hydrogen-bond acceptors (Lipinski definition) is 2. The number of ether oxygens (including phenoxy) is 1. The lowest BCUT2D eigenvalue weighted by Gasteiger charge is -2.34. The molecule has 1 heterocycles. The van der Waals surface area contributed by atoms with Crippen LogP contribution in [-0.4, -0.2) is 37.1 Å². The fourth-order valence-corrected chi connectivity index (χ4v) is 3.88. The zero-order valence-corrected chi connectivity index (χ0v) is 12.8. The molecule has 1 amide bonds. The SMILES string of the molecule is CN(C(=O)[C@@H]1CCCOC1)[C@@H]1CCC[C@@H]1c1ccccc1. The van der Waals surface area contributed by atoms with Crippen LogP contribution in [0.4, 0.5) is 0 Å². The number of amides is 1. The number of likely N-dealkylation sites (N-methyl/N-ethyl adjacent to an activating group) is 1. The van der Waals surface area contributed by atoms with Gasteiger partial charge in [0.2, 0.25) is 5.91 Å². The van der Waals surface area contributed by atoms with Gasteiger partial charge in [0.15, 0.2) is 0 Å². The Labute approximate surface area is 127 Å². The number of carbonyl (C=O) groups excluding carboxylic acids is 1. The smallest absolute Gasteiger partial charge is 0.228 e. The summed E-state index contributed by atoms with van der Waals surface area (Å²) in [6, 6.07) is 11.0. The molecule has 114 valence electrons. The van der Waals surface area contributed by atoms with Gasteiger partial charge in [-0.05, 0) is 31.2 Å². The molecule has 1 aliphatic heterocycles. The Morgan fingerprint density at radius 3 is 2.67 bits per heavy atom. The molecule has 0 radical (unpaired) electrons. The van der Waals surface area contributed by atoms with E-state index in [4.69, 9.17) is 4.74 Å². The number of nitrogens with zero attached hydrogens (tertiary/aromatic N) is 1. The van der Waals surface area contributed by atoms with E-state index in [0.717, 1.165) is 25.9 Å². The first-order valence-corrected chi connectivity index (χ1v) is 8.16. The summed E-state index contributed by atoms with van der Waals surface area (Å²) in [4.78, 5) is 14.7. The largest absolute Gasteiger partial charge is 0.381 e. The van der Waals surface area contributed by atoms with Crippen molar-refractivity contribution >= 4 is 5.91 Å². The Balaban J connectivity index is 1.70. The first-order chi connectivity index (χ1) is 10.3. The fourth-order valence-electron chi connectivity index (χ4n) is 3.88. The van der Waals surface area contributed by atoms with Crippen molar-refractivity contribution in [3.8, 4) is 0 Å². The van der Waals surface area contributed by atoms with Crippen LogP contribution in [0.3, 0.4) is 0 Å². The topological polar surface area (TPSA) is 29.5 Å². The molecule has 1 aliphatic carbocycles. The average molecular weight is 287 g/mol. The molecule has 21 heavy (non-hydrogen) atoms. The van der Waals surface area contributed by atoms with E-state index in [1.165, 1.54) is 18.4 Å². The molecule has 0 bridgehead atoms. The van der Waals surface area contributed by atoms with Gasteiger partial charge in [-0.1, -0.05) is 36.8 Å². The summed E-state index contributed by atoms with van der Waals surface area (Å²) in [5.41, 5.74) is 1.37. The van der Waals surface area contributed by atoms with Crippen molar-refractivity contribution in [3.63, 3.8) is 0 Å². The monoisotopic (exact) mass is 287 g/mol. The molecular weight excluding hydrogens is 262 g/mol. The van der Waals surface area contributed by atoms with E-state index in [9.17, 15) is 4.79 Å². The fraction of sp³-hybridized carbons (Fsp3) is 0.611. The minimum Gasteiger partial charge on any atom is -0.381 e. The average Bonchev–Trinajstić information content (AvgIpc) is 3.04. The number of benzene rings is 1. The van der Waals surface area contributed by atoms with Crippen molar-refractivity contribution in [3.05, 3.63) is 35.9 Å². The molecule has 3 atom stereocenters. The van der Waals surface area contributed by atoms with Crippen LogP contribution in [-0.2, 0) is 9.53 Å². The predicted molar refractivity (Wildman–Crippen MR) is 83.1 cm³/mol. The lowest BCUT2D eigenvalue weighted by molar-refractivity contribution is -0.140. The van der Waals surface area contributed by atoms with Crippen LogP contribution in [0.15, 0.2) is 30.3 Å². The van der Waals surface area contributed by atoms with Crippen LogP contribution in [0, 0.1) is 5.92 Å². The lowest BCUT2D eigenvalue weighted by atomic mass is 9.92. The van der Waals surface area contributed by atoms with Crippen molar-refractivity contribution in [1.82, 2.24) is 4.90 Å². The highest BCUT2D eigenvalue weighted by Gasteiger charge is 2.36. The van der Waals surface area contributed by atoms with Crippen LogP contribution in [0.5, 0.6) is 0 Å². The molecule has 3 nitrogen and oxygen atoms in total. The summed E-state index contributed by atoms with van der Waals surface area (Å²) in [5, 5.41) is 0. The maximum absolute atomic E-state index is 12.7. The highest BCUT2D eigenvalue weighted by atomic mass is 16.5. The van der Waals surface area contributed by atoms with Gasteiger partial charge in [-0.3, -0.25) is 4.79 Å². The second kappa shape index (κ2) is 6.61. The van der Waals surface area contributed by atoms with E-state index < -0.39 is 0 Å². The molecule has 3 heteroatoms. The van der Waals surface area contributed by atoms with E-state index in [0.29, 0.717) is 18.6 Å². The van der Waals surface area contributed by atoms with Gasteiger partial charge in [-0.25, -0.2) is 0 Å². The first kappa shape index (κ1) is 14.6. The Bertz CT molecular complexity index is 467. The third kappa shape index (κ3) is 3.13. The van der Waals surface area contributed by atoms with Gasteiger partial charge in [-0.2, -0.15) is 0 Å². The van der Waals surface area contributed by atoms with E-state index in [1.807, 2.05) is 11.9 Å². The van der Waals surface area contributed by atoms with E-state index in [1.54, 1.807) is 0 Å². The second-order valence-corrected chi connectivity index (χ2v) is 6.38. The molecule has 1 aromatic carbocycles. The van der Waals surface area contributed by atoms with Crippen molar-refractivity contribution in [2.45, 2.75) is 44.1 Å². The number of rotatable bonds is 3. The van der Waals surface area contributed by atoms with Crippen LogP contribution >= 0.6 is 0 Å². The Morgan fingerprint density at radius 1 is 1.14 bits per heavy atom. The van der Waals surface area contributed by atoms with Gasteiger partial charge in [0.05, 0.1) is 12.5 Å². The molecule has 3 rings (SSSR count). The highest BCUT2D eigenvalue weighted by molar-refractivity contribution is 5.79. The van der Waals surface area contributed by atoms with Crippen LogP contribution in [0.2, 0.25) is 0 Å². The van der Waals surface area contributed by atoms with Crippen molar-refractivity contribution in [2.75, 3.05) is 20.3 Å². The van der Waals surface area contributed by atoms with Gasteiger partial charge in [-0.15, -0.1) is 0 Å². The van der Waals surface area contributed by atoms with Gasteiger partial charge in [0, 0.05) is 25.6 Å². The minimum atomic E-state index is 0.0702. The quantitative estimate of drug-likeness (QED) is 0.854. The standard InChI is InChI=1S/C18H25NO2/c1-19(18(20)15-9-6-12-21-13-15)17-11-5-10-16(17)14-7-3-2-4-8-14/h2-4,7-8,15-17H,5-6,9-13H2,1H3/t15-,16-,17-/m1/s1. The van der Waals surface area contributed by atoms with Crippen LogP contribution < -0.4 is 0 Å². The highest BCUT2D eigenvalue weighted by Crippen LogP contribution is 2.38. The molecule has 2 aliphatic rings. The van der Waals surface area contributed by atoms with Gasteiger partial charge < -0.3 is 9.64 Å². The Morgan fingerprint density at radius 2 is 1.95 bits per heavy atom. The van der Waals surface area contributed by atoms with Crippen molar-refractivity contribution in [1.29, 1.82) is 0 Å². The van der Waals surface area contributed by atoms with Crippen molar-refractivity contribution < 1.29 is 9.53 Å². The third-order valence-corrected chi connectivity index (χ3v) is 5.06. The Kier molecular flexibility index (Phi) is 4.59. The van der Waals surface area contributed by atoms with E-state index in [-0.39, 0.29) is 11.8 Å². The zero-order chi connectivity index (χ0) is 14.7. The number of hydrogen-bond donors (Lipinski definition) is 0. The van der Waals surface area contributed by atoms with Gasteiger partial charge >= 0.3 is 0 Å². The Hall–Kier alpha value is -1.35. The molecule has 1 saturated heterocycles. The molecule has 2 fully saturated rings. The first-order valence-electron chi connectivity index (χ1n) is 8.16. The molecule has 0 N–H and O–H groups in total. The molecule has 0 unspecified atom stereocenters. The summed E-state index contributed by atoms with van der Waals surface area (Å²) in [5.74, 6) is 0.841. The molecule has 1 saturated carbocycles.